The maximum absolute atomic E-state index is 13.2. The molecule has 3 aromatic carbocycles. The molecule has 1 aliphatic carbocycles. The fraction of sp³-hybridized carbons (Fsp3) is 0.138. The third-order valence-corrected chi connectivity index (χ3v) is 7.58. The van der Waals surface area contributed by atoms with Gasteiger partial charge in [-0.15, -0.1) is 11.3 Å². The minimum Gasteiger partial charge on any atom is -0.507 e. The summed E-state index contributed by atoms with van der Waals surface area (Å²) >= 11 is 1.41. The highest BCUT2D eigenvalue weighted by Gasteiger charge is 2.30. The van der Waals surface area contributed by atoms with E-state index in [4.69, 9.17) is 0 Å². The van der Waals surface area contributed by atoms with Gasteiger partial charge in [0.05, 0.1) is 16.3 Å². The SMILES string of the molecule is O=C(Nc1ccc(-c2cc(C3CC3)n(C(=O)NCc3ccc(F)cc3)n2)c(O)c1)c1cc2ccccc2s1. The standard InChI is InChI=1S/C29H23FN4O3S/c30-20-9-5-17(6-10-20)16-31-29(37)34-24(18-7-8-18)15-23(33-34)22-12-11-21(14-25(22)35)32-28(36)27-13-19-3-1-2-4-26(19)38-27/h1-6,9-15,18,35H,7-8,16H2,(H,31,37)(H,32,36). The van der Waals surface area contributed by atoms with Crippen molar-refractivity contribution in [3.8, 4) is 17.0 Å². The molecule has 7 nitrogen and oxygen atoms in total. The number of hydrogen-bond donors (Lipinski definition) is 3. The van der Waals surface area contributed by atoms with Gasteiger partial charge in [-0.2, -0.15) is 9.78 Å². The number of phenolic OH excluding ortho intramolecular Hbond substituents is 1. The molecule has 1 aliphatic rings. The Bertz CT molecular complexity index is 1640. The number of aromatic nitrogens is 2. The molecule has 0 saturated heterocycles. The molecule has 0 bridgehead atoms. The van der Waals surface area contributed by atoms with Crippen molar-refractivity contribution in [2.45, 2.75) is 25.3 Å². The first-order valence-electron chi connectivity index (χ1n) is 12.2. The van der Waals surface area contributed by atoms with Crippen LogP contribution in [0, 0.1) is 5.82 Å². The smallest absolute Gasteiger partial charge is 0.342 e. The van der Waals surface area contributed by atoms with Gasteiger partial charge < -0.3 is 15.7 Å². The number of fused-ring (bicyclic) bond motifs is 1. The lowest BCUT2D eigenvalue weighted by molar-refractivity contribution is 0.103. The van der Waals surface area contributed by atoms with E-state index >= 15 is 0 Å². The van der Waals surface area contributed by atoms with Crippen LogP contribution in [0.4, 0.5) is 14.9 Å². The fourth-order valence-electron chi connectivity index (χ4n) is 4.33. The number of nitrogens with one attached hydrogen (secondary N) is 2. The Balaban J connectivity index is 1.20. The fourth-order valence-corrected chi connectivity index (χ4v) is 5.28. The summed E-state index contributed by atoms with van der Waals surface area (Å²) in [5.41, 5.74) is 2.91. The molecule has 0 aliphatic heterocycles. The molecular weight excluding hydrogens is 503 g/mol. The van der Waals surface area contributed by atoms with Crippen LogP contribution in [0.1, 0.15) is 39.7 Å². The van der Waals surface area contributed by atoms with Crippen molar-refractivity contribution in [3.05, 3.63) is 101 Å². The van der Waals surface area contributed by atoms with Crippen molar-refractivity contribution in [2.24, 2.45) is 0 Å². The number of nitrogens with zero attached hydrogens (tertiary/aromatic N) is 2. The molecule has 190 valence electrons. The molecule has 1 saturated carbocycles. The molecule has 6 rings (SSSR count). The second-order valence-corrected chi connectivity index (χ2v) is 10.3. The largest absolute Gasteiger partial charge is 0.507 e. The number of benzene rings is 3. The average Bonchev–Trinajstić information content (AvgIpc) is 3.51. The topological polar surface area (TPSA) is 96.3 Å². The molecule has 2 aromatic heterocycles. The monoisotopic (exact) mass is 526 g/mol. The Labute approximate surface area is 221 Å². The number of halogens is 1. The van der Waals surface area contributed by atoms with Crippen LogP contribution in [0.25, 0.3) is 21.3 Å². The van der Waals surface area contributed by atoms with E-state index < -0.39 is 6.03 Å². The summed E-state index contributed by atoms with van der Waals surface area (Å²) in [6.07, 6.45) is 1.93. The lowest BCUT2D eigenvalue weighted by atomic mass is 10.1. The van der Waals surface area contributed by atoms with Gasteiger partial charge in [0, 0.05) is 34.5 Å². The van der Waals surface area contributed by atoms with Crippen molar-refractivity contribution in [3.63, 3.8) is 0 Å². The molecular formula is C29H23FN4O3S. The van der Waals surface area contributed by atoms with Crippen molar-refractivity contribution in [2.75, 3.05) is 5.32 Å². The molecule has 2 heterocycles. The van der Waals surface area contributed by atoms with E-state index in [-0.39, 0.29) is 29.9 Å². The van der Waals surface area contributed by atoms with Gasteiger partial charge in [-0.1, -0.05) is 30.3 Å². The van der Waals surface area contributed by atoms with Crippen LogP contribution < -0.4 is 10.6 Å². The van der Waals surface area contributed by atoms with Gasteiger partial charge in [0.25, 0.3) is 5.91 Å². The highest BCUT2D eigenvalue weighted by Crippen LogP contribution is 2.42. The molecule has 0 unspecified atom stereocenters. The first-order valence-corrected chi connectivity index (χ1v) is 13.0. The van der Waals surface area contributed by atoms with Gasteiger partial charge in [0.1, 0.15) is 11.6 Å². The van der Waals surface area contributed by atoms with Crippen molar-refractivity contribution in [1.29, 1.82) is 0 Å². The second-order valence-electron chi connectivity index (χ2n) is 9.26. The number of carbonyl (C=O) groups is 2. The average molecular weight is 527 g/mol. The summed E-state index contributed by atoms with van der Waals surface area (Å²) in [5.74, 6) is -0.414. The molecule has 3 N–H and O–H groups in total. The Morgan fingerprint density at radius 1 is 1.03 bits per heavy atom. The summed E-state index contributed by atoms with van der Waals surface area (Å²) < 4.78 is 15.5. The number of anilines is 1. The normalized spacial score (nSPS) is 13.0. The van der Waals surface area contributed by atoms with Crippen LogP contribution >= 0.6 is 11.3 Å². The highest BCUT2D eigenvalue weighted by molar-refractivity contribution is 7.20. The highest BCUT2D eigenvalue weighted by atomic mass is 32.1. The van der Waals surface area contributed by atoms with Crippen LogP contribution in [0.15, 0.2) is 78.9 Å². The quantitative estimate of drug-likeness (QED) is 0.235. The third-order valence-electron chi connectivity index (χ3n) is 6.46. The van der Waals surface area contributed by atoms with E-state index in [1.54, 1.807) is 24.3 Å². The van der Waals surface area contributed by atoms with Crippen LogP contribution in [-0.2, 0) is 6.54 Å². The maximum Gasteiger partial charge on any atom is 0.342 e. The first kappa shape index (κ1) is 23.9. The molecule has 0 spiro atoms. The molecule has 2 amide bonds. The zero-order valence-electron chi connectivity index (χ0n) is 20.1. The minimum absolute atomic E-state index is 0.0575. The number of rotatable bonds is 6. The number of amides is 2. The van der Waals surface area contributed by atoms with Gasteiger partial charge in [0.2, 0.25) is 0 Å². The van der Waals surface area contributed by atoms with Crippen LogP contribution in [0.2, 0.25) is 0 Å². The summed E-state index contributed by atoms with van der Waals surface area (Å²) in [6.45, 7) is 0.234. The van der Waals surface area contributed by atoms with Crippen LogP contribution in [0.5, 0.6) is 5.75 Å². The molecule has 38 heavy (non-hydrogen) atoms. The van der Waals surface area contributed by atoms with Gasteiger partial charge in [-0.3, -0.25) is 4.79 Å². The lowest BCUT2D eigenvalue weighted by Crippen LogP contribution is -2.30. The lowest BCUT2D eigenvalue weighted by Gasteiger charge is -2.08. The maximum atomic E-state index is 13.2. The van der Waals surface area contributed by atoms with E-state index in [0.29, 0.717) is 21.8 Å². The minimum atomic E-state index is -0.394. The number of thiophene rings is 1. The Hall–Kier alpha value is -4.50. The molecule has 5 aromatic rings. The number of carbonyl (C=O) groups excluding carboxylic acids is 2. The van der Waals surface area contributed by atoms with Gasteiger partial charge in [-0.25, -0.2) is 9.18 Å². The Morgan fingerprint density at radius 2 is 1.82 bits per heavy atom. The Kier molecular flexibility index (Phi) is 6.13. The zero-order chi connectivity index (χ0) is 26.2. The first-order chi connectivity index (χ1) is 18.4. The predicted octanol–water partition coefficient (Wildman–Crippen LogP) is 6.50. The third kappa shape index (κ3) is 4.88. The van der Waals surface area contributed by atoms with Crippen molar-refractivity contribution >= 4 is 39.0 Å². The van der Waals surface area contributed by atoms with E-state index in [0.717, 1.165) is 34.2 Å². The van der Waals surface area contributed by atoms with Gasteiger partial charge in [-0.05, 0) is 66.3 Å². The summed E-state index contributed by atoms with van der Waals surface area (Å²) in [4.78, 5) is 26.3. The van der Waals surface area contributed by atoms with Crippen LogP contribution in [-0.4, -0.2) is 26.8 Å². The number of hydrogen-bond acceptors (Lipinski definition) is 5. The molecule has 0 atom stereocenters. The number of aromatic hydroxyl groups is 1. The molecule has 0 radical (unpaired) electrons. The van der Waals surface area contributed by atoms with E-state index in [1.165, 1.54) is 34.2 Å². The van der Waals surface area contributed by atoms with Crippen molar-refractivity contribution < 1.29 is 19.1 Å². The zero-order valence-corrected chi connectivity index (χ0v) is 21.0. The Morgan fingerprint density at radius 3 is 2.55 bits per heavy atom. The predicted molar refractivity (Wildman–Crippen MR) is 145 cm³/mol. The van der Waals surface area contributed by atoms with Gasteiger partial charge in [0.15, 0.2) is 0 Å². The molecule has 9 heteroatoms. The van der Waals surface area contributed by atoms with E-state index in [9.17, 15) is 19.1 Å². The summed E-state index contributed by atoms with van der Waals surface area (Å²) in [7, 11) is 0. The second kappa shape index (κ2) is 9.75. The van der Waals surface area contributed by atoms with Gasteiger partial charge >= 0.3 is 6.03 Å². The number of phenols is 1. The van der Waals surface area contributed by atoms with E-state index in [1.807, 2.05) is 36.4 Å². The van der Waals surface area contributed by atoms with E-state index in [2.05, 4.69) is 15.7 Å². The summed E-state index contributed by atoms with van der Waals surface area (Å²) in [6, 6.07) is 21.8. The van der Waals surface area contributed by atoms with Crippen LogP contribution in [0.3, 0.4) is 0 Å². The summed E-state index contributed by atoms with van der Waals surface area (Å²) in [5, 5.41) is 21.9. The molecule has 1 fully saturated rings. The van der Waals surface area contributed by atoms with Crippen molar-refractivity contribution in [1.82, 2.24) is 15.1 Å².